The van der Waals surface area contributed by atoms with Crippen LogP contribution in [0.25, 0.3) is 0 Å². The highest BCUT2D eigenvalue weighted by atomic mass is 16.5. The molecule has 0 fully saturated rings. The first-order chi connectivity index (χ1) is 11.9. The molecule has 0 radical (unpaired) electrons. The number of amides is 1. The molecule has 1 aromatic carbocycles. The number of aromatic nitrogens is 2. The topological polar surface area (TPSA) is 80.0 Å². The van der Waals surface area contributed by atoms with Crippen LogP contribution in [-0.2, 0) is 6.42 Å². The Balaban J connectivity index is 1.90. The summed E-state index contributed by atoms with van der Waals surface area (Å²) in [6, 6.07) is 6.13. The molecule has 0 aliphatic heterocycles. The summed E-state index contributed by atoms with van der Waals surface area (Å²) in [6.45, 7) is 10.8. The number of carbonyl (C=O) groups excluding carboxylic acids is 1. The summed E-state index contributed by atoms with van der Waals surface area (Å²) in [6.07, 6.45) is 1.42. The number of benzene rings is 1. The summed E-state index contributed by atoms with van der Waals surface area (Å²) < 4.78 is 5.06. The molecular weight excluding hydrogens is 316 g/mol. The van der Waals surface area contributed by atoms with E-state index in [4.69, 9.17) is 4.52 Å². The van der Waals surface area contributed by atoms with Gasteiger partial charge in [0.15, 0.2) is 5.82 Å². The third-order valence-corrected chi connectivity index (χ3v) is 4.38. The zero-order valence-electron chi connectivity index (χ0n) is 15.7. The predicted molar refractivity (Wildman–Crippen MR) is 98.8 cm³/mol. The number of carbonyl (C=O) groups is 1. The lowest BCUT2D eigenvalue weighted by atomic mass is 10.0. The van der Waals surface area contributed by atoms with Gasteiger partial charge in [0.05, 0.1) is 0 Å². The molecule has 2 N–H and O–H groups in total. The van der Waals surface area contributed by atoms with E-state index in [0.717, 1.165) is 17.7 Å². The molecule has 25 heavy (non-hydrogen) atoms. The number of hydrogen-bond acceptors (Lipinski definition) is 5. The second-order valence-corrected chi connectivity index (χ2v) is 6.75. The molecule has 136 valence electrons. The van der Waals surface area contributed by atoms with Gasteiger partial charge in [-0.25, -0.2) is 0 Å². The van der Waals surface area contributed by atoms with Gasteiger partial charge >= 0.3 is 0 Å². The predicted octanol–water partition coefficient (Wildman–Crippen LogP) is 3.51. The molecule has 6 nitrogen and oxygen atoms in total. The lowest BCUT2D eigenvalue weighted by molar-refractivity contribution is 0.0952. The first-order valence-corrected chi connectivity index (χ1v) is 8.82. The molecule has 0 saturated heterocycles. The maximum atomic E-state index is 12.5. The third kappa shape index (κ3) is 5.31. The van der Waals surface area contributed by atoms with E-state index < -0.39 is 0 Å². The van der Waals surface area contributed by atoms with Crippen LogP contribution in [0.4, 0.5) is 5.69 Å². The standard InChI is InChI=1S/C19H28N4O2/c1-12(2)14(4)21-17-9-6-8-16(13(17)3)19(24)20-11-7-10-18-22-15(5)23-25-18/h6,8-9,12,14,21H,7,10-11H2,1-5H3,(H,20,24)/t14-/m0/s1. The minimum atomic E-state index is -0.0555. The van der Waals surface area contributed by atoms with Gasteiger partial charge in [0.2, 0.25) is 5.89 Å². The van der Waals surface area contributed by atoms with Gasteiger partial charge in [-0.05, 0) is 50.8 Å². The van der Waals surface area contributed by atoms with E-state index >= 15 is 0 Å². The Labute approximate surface area is 149 Å². The molecule has 1 aromatic heterocycles. The van der Waals surface area contributed by atoms with Crippen LogP contribution in [0.15, 0.2) is 22.7 Å². The highest BCUT2D eigenvalue weighted by Gasteiger charge is 2.14. The molecule has 0 spiro atoms. The molecule has 0 unspecified atom stereocenters. The van der Waals surface area contributed by atoms with E-state index in [2.05, 4.69) is 41.5 Å². The van der Waals surface area contributed by atoms with Gasteiger partial charge in [0.25, 0.3) is 5.91 Å². The number of anilines is 1. The van der Waals surface area contributed by atoms with E-state index in [-0.39, 0.29) is 5.91 Å². The van der Waals surface area contributed by atoms with Crippen molar-refractivity contribution in [1.82, 2.24) is 15.5 Å². The van der Waals surface area contributed by atoms with Gasteiger partial charge in [0, 0.05) is 30.3 Å². The van der Waals surface area contributed by atoms with Gasteiger partial charge in [-0.15, -0.1) is 0 Å². The van der Waals surface area contributed by atoms with E-state index in [0.29, 0.717) is 42.2 Å². The monoisotopic (exact) mass is 344 g/mol. The van der Waals surface area contributed by atoms with Crippen LogP contribution in [0, 0.1) is 19.8 Å². The second-order valence-electron chi connectivity index (χ2n) is 6.75. The minimum Gasteiger partial charge on any atom is -0.382 e. The smallest absolute Gasteiger partial charge is 0.251 e. The Morgan fingerprint density at radius 3 is 2.64 bits per heavy atom. The van der Waals surface area contributed by atoms with E-state index in [1.54, 1.807) is 6.92 Å². The largest absolute Gasteiger partial charge is 0.382 e. The quantitative estimate of drug-likeness (QED) is 0.716. The third-order valence-electron chi connectivity index (χ3n) is 4.38. The van der Waals surface area contributed by atoms with Crippen molar-refractivity contribution in [3.63, 3.8) is 0 Å². The highest BCUT2D eigenvalue weighted by Crippen LogP contribution is 2.21. The Morgan fingerprint density at radius 1 is 1.24 bits per heavy atom. The summed E-state index contributed by atoms with van der Waals surface area (Å²) in [4.78, 5) is 16.6. The van der Waals surface area contributed by atoms with Crippen LogP contribution in [0.5, 0.6) is 0 Å². The molecule has 0 saturated carbocycles. The van der Waals surface area contributed by atoms with Crippen molar-refractivity contribution in [1.29, 1.82) is 0 Å². The van der Waals surface area contributed by atoms with Crippen LogP contribution in [-0.4, -0.2) is 28.6 Å². The lowest BCUT2D eigenvalue weighted by Crippen LogP contribution is -2.26. The molecule has 2 rings (SSSR count). The zero-order valence-corrected chi connectivity index (χ0v) is 15.7. The molecule has 0 aliphatic carbocycles. The summed E-state index contributed by atoms with van der Waals surface area (Å²) in [5, 5.41) is 10.2. The summed E-state index contributed by atoms with van der Waals surface area (Å²) >= 11 is 0. The normalized spacial score (nSPS) is 12.2. The fourth-order valence-electron chi connectivity index (χ4n) is 2.43. The van der Waals surface area contributed by atoms with Crippen LogP contribution < -0.4 is 10.6 Å². The first-order valence-electron chi connectivity index (χ1n) is 8.82. The van der Waals surface area contributed by atoms with Crippen LogP contribution in [0.3, 0.4) is 0 Å². The molecule has 1 amide bonds. The fourth-order valence-corrected chi connectivity index (χ4v) is 2.43. The van der Waals surface area contributed by atoms with Gasteiger partial charge in [-0.3, -0.25) is 4.79 Å². The van der Waals surface area contributed by atoms with Crippen LogP contribution in [0.1, 0.15) is 54.8 Å². The van der Waals surface area contributed by atoms with Crippen molar-refractivity contribution >= 4 is 11.6 Å². The van der Waals surface area contributed by atoms with Gasteiger partial charge in [-0.1, -0.05) is 25.1 Å². The number of nitrogens with zero attached hydrogens (tertiary/aromatic N) is 2. The van der Waals surface area contributed by atoms with Gasteiger partial charge < -0.3 is 15.2 Å². The molecule has 0 aliphatic rings. The molecule has 0 bridgehead atoms. The Morgan fingerprint density at radius 2 is 2.00 bits per heavy atom. The lowest BCUT2D eigenvalue weighted by Gasteiger charge is -2.21. The molecule has 6 heteroatoms. The summed E-state index contributed by atoms with van der Waals surface area (Å²) in [5.41, 5.74) is 2.69. The van der Waals surface area contributed by atoms with Crippen molar-refractivity contribution in [2.75, 3.05) is 11.9 Å². The minimum absolute atomic E-state index is 0.0555. The SMILES string of the molecule is Cc1noc(CCCNC(=O)c2cccc(N[C@@H](C)C(C)C)c2C)n1. The number of aryl methyl sites for hydroxylation is 2. The van der Waals surface area contributed by atoms with Crippen LogP contribution in [0.2, 0.25) is 0 Å². The maximum Gasteiger partial charge on any atom is 0.251 e. The zero-order chi connectivity index (χ0) is 18.4. The van der Waals surface area contributed by atoms with Crippen molar-refractivity contribution < 1.29 is 9.32 Å². The van der Waals surface area contributed by atoms with Gasteiger partial charge in [0.1, 0.15) is 0 Å². The van der Waals surface area contributed by atoms with Crippen LogP contribution >= 0.6 is 0 Å². The summed E-state index contributed by atoms with van der Waals surface area (Å²) in [7, 11) is 0. The molecular formula is C19H28N4O2. The Kier molecular flexibility index (Phi) is 6.56. The first kappa shape index (κ1) is 19.0. The van der Waals surface area contributed by atoms with Crippen molar-refractivity contribution in [2.24, 2.45) is 5.92 Å². The van der Waals surface area contributed by atoms with Crippen molar-refractivity contribution in [3.05, 3.63) is 41.0 Å². The fraction of sp³-hybridized carbons (Fsp3) is 0.526. The van der Waals surface area contributed by atoms with E-state index in [1.807, 2.05) is 25.1 Å². The Hall–Kier alpha value is -2.37. The summed E-state index contributed by atoms with van der Waals surface area (Å²) in [5.74, 6) is 1.71. The maximum absolute atomic E-state index is 12.5. The number of nitrogens with one attached hydrogen (secondary N) is 2. The van der Waals surface area contributed by atoms with E-state index in [1.165, 1.54) is 0 Å². The molecule has 2 aromatic rings. The average molecular weight is 344 g/mol. The molecule has 1 atom stereocenters. The molecule has 1 heterocycles. The number of hydrogen-bond donors (Lipinski definition) is 2. The Bertz CT molecular complexity index is 709. The number of rotatable bonds is 8. The van der Waals surface area contributed by atoms with E-state index in [9.17, 15) is 4.79 Å². The second kappa shape index (κ2) is 8.65. The van der Waals surface area contributed by atoms with Crippen molar-refractivity contribution in [2.45, 2.75) is 53.5 Å². The van der Waals surface area contributed by atoms with Crippen molar-refractivity contribution in [3.8, 4) is 0 Å². The average Bonchev–Trinajstić information content (AvgIpc) is 2.98. The van der Waals surface area contributed by atoms with Gasteiger partial charge in [-0.2, -0.15) is 4.98 Å². The highest BCUT2D eigenvalue weighted by molar-refractivity contribution is 5.97.